The zero-order valence-electron chi connectivity index (χ0n) is 19.1. The van der Waals surface area contributed by atoms with Gasteiger partial charge in [0.2, 0.25) is 0 Å². The Kier molecular flexibility index (Phi) is 7.67. The molecule has 0 spiro atoms. The molecule has 0 atom stereocenters. The molecule has 0 bridgehead atoms. The summed E-state index contributed by atoms with van der Waals surface area (Å²) < 4.78 is 16.6. The third kappa shape index (κ3) is 6.31. The standard InChI is InChI=1S/C27H21ClN2O6/c1-34-22-10-12-23(13-11-22)36-24-15-20(14-21(16-24)30(32)33)29-27(31)19-8-6-18(7-9-19)17-35-26-5-3-2-4-25(26)28/h2-16H,17H2,1H3,(H,29,31). The van der Waals surface area contributed by atoms with E-state index in [0.29, 0.717) is 27.8 Å². The van der Waals surface area contributed by atoms with Crippen LogP contribution in [-0.4, -0.2) is 17.9 Å². The minimum Gasteiger partial charge on any atom is -0.497 e. The van der Waals surface area contributed by atoms with Crippen molar-refractivity contribution in [2.24, 2.45) is 0 Å². The van der Waals surface area contributed by atoms with E-state index in [1.165, 1.54) is 18.2 Å². The van der Waals surface area contributed by atoms with Gasteiger partial charge < -0.3 is 19.5 Å². The number of carbonyl (C=O) groups is 1. The van der Waals surface area contributed by atoms with Crippen LogP contribution in [0.1, 0.15) is 15.9 Å². The Hall–Kier alpha value is -4.56. The molecule has 0 aliphatic heterocycles. The molecule has 0 saturated carbocycles. The van der Waals surface area contributed by atoms with Crippen LogP contribution in [0.5, 0.6) is 23.0 Å². The summed E-state index contributed by atoms with van der Waals surface area (Å²) in [5.74, 6) is 1.46. The summed E-state index contributed by atoms with van der Waals surface area (Å²) >= 11 is 6.10. The number of methoxy groups -OCH3 is 1. The normalized spacial score (nSPS) is 10.4. The first-order valence-corrected chi connectivity index (χ1v) is 11.2. The van der Waals surface area contributed by atoms with Crippen molar-refractivity contribution in [2.45, 2.75) is 6.61 Å². The minimum atomic E-state index is -0.551. The number of hydrogen-bond donors (Lipinski definition) is 1. The molecule has 0 heterocycles. The number of amides is 1. The maximum Gasteiger partial charge on any atom is 0.275 e. The zero-order chi connectivity index (χ0) is 25.5. The molecule has 4 aromatic carbocycles. The molecule has 9 heteroatoms. The lowest BCUT2D eigenvalue weighted by atomic mass is 10.1. The summed E-state index contributed by atoms with van der Waals surface area (Å²) in [5, 5.41) is 14.6. The van der Waals surface area contributed by atoms with Gasteiger partial charge in [-0.2, -0.15) is 0 Å². The first-order chi connectivity index (χ1) is 17.4. The Morgan fingerprint density at radius 1 is 0.917 bits per heavy atom. The van der Waals surface area contributed by atoms with Gasteiger partial charge in [0.15, 0.2) is 0 Å². The number of non-ortho nitro benzene ring substituents is 1. The SMILES string of the molecule is COc1ccc(Oc2cc(NC(=O)c3ccc(COc4ccccc4Cl)cc3)cc([N+](=O)[O-])c2)cc1. The second-order valence-corrected chi connectivity index (χ2v) is 8.03. The van der Waals surface area contributed by atoms with E-state index in [4.69, 9.17) is 25.8 Å². The van der Waals surface area contributed by atoms with Crippen LogP contribution >= 0.6 is 11.6 Å². The molecule has 0 radical (unpaired) electrons. The van der Waals surface area contributed by atoms with E-state index < -0.39 is 10.8 Å². The molecule has 36 heavy (non-hydrogen) atoms. The van der Waals surface area contributed by atoms with Gasteiger partial charge in [0.25, 0.3) is 11.6 Å². The van der Waals surface area contributed by atoms with E-state index in [9.17, 15) is 14.9 Å². The highest BCUT2D eigenvalue weighted by molar-refractivity contribution is 6.32. The largest absolute Gasteiger partial charge is 0.497 e. The second-order valence-electron chi connectivity index (χ2n) is 7.62. The molecule has 182 valence electrons. The lowest BCUT2D eigenvalue weighted by molar-refractivity contribution is -0.384. The third-order valence-electron chi connectivity index (χ3n) is 5.10. The minimum absolute atomic E-state index is 0.205. The Labute approximate surface area is 212 Å². The molecule has 0 saturated heterocycles. The number of carbonyl (C=O) groups excluding carboxylic acids is 1. The van der Waals surface area contributed by atoms with E-state index in [-0.39, 0.29) is 23.7 Å². The van der Waals surface area contributed by atoms with Gasteiger partial charge in [-0.15, -0.1) is 0 Å². The fourth-order valence-corrected chi connectivity index (χ4v) is 3.47. The summed E-state index contributed by atoms with van der Waals surface area (Å²) in [5.41, 5.74) is 1.23. The van der Waals surface area contributed by atoms with Crippen LogP contribution in [0.4, 0.5) is 11.4 Å². The lowest BCUT2D eigenvalue weighted by Crippen LogP contribution is -2.12. The highest BCUT2D eigenvalue weighted by atomic mass is 35.5. The average Bonchev–Trinajstić information content (AvgIpc) is 2.89. The second kappa shape index (κ2) is 11.2. The van der Waals surface area contributed by atoms with E-state index in [2.05, 4.69) is 5.32 Å². The Morgan fingerprint density at radius 2 is 1.61 bits per heavy atom. The molecule has 8 nitrogen and oxygen atoms in total. The number of anilines is 1. The summed E-state index contributed by atoms with van der Waals surface area (Å²) in [6.45, 7) is 0.280. The highest BCUT2D eigenvalue weighted by Gasteiger charge is 2.14. The first-order valence-electron chi connectivity index (χ1n) is 10.8. The summed E-state index contributed by atoms with van der Waals surface area (Å²) in [6.07, 6.45) is 0. The van der Waals surface area contributed by atoms with Crippen molar-refractivity contribution in [1.82, 2.24) is 0 Å². The van der Waals surface area contributed by atoms with Gasteiger partial charge in [-0.3, -0.25) is 14.9 Å². The van der Waals surface area contributed by atoms with Crippen molar-refractivity contribution in [3.63, 3.8) is 0 Å². The third-order valence-corrected chi connectivity index (χ3v) is 5.41. The zero-order valence-corrected chi connectivity index (χ0v) is 19.9. The van der Waals surface area contributed by atoms with Crippen molar-refractivity contribution >= 4 is 28.9 Å². The molecule has 1 N–H and O–H groups in total. The molecular weight excluding hydrogens is 484 g/mol. The van der Waals surface area contributed by atoms with E-state index in [1.54, 1.807) is 67.8 Å². The quantitative estimate of drug-likeness (QED) is 0.197. The molecule has 1 amide bonds. The molecular formula is C27H21ClN2O6. The Balaban J connectivity index is 1.45. The van der Waals surface area contributed by atoms with E-state index in [0.717, 1.165) is 5.56 Å². The molecule has 0 fully saturated rings. The molecule has 0 aliphatic carbocycles. The number of hydrogen-bond acceptors (Lipinski definition) is 6. The van der Waals surface area contributed by atoms with Gasteiger partial charge in [0.1, 0.15) is 29.6 Å². The predicted molar refractivity (Wildman–Crippen MR) is 136 cm³/mol. The van der Waals surface area contributed by atoms with Crippen LogP contribution in [0.25, 0.3) is 0 Å². The summed E-state index contributed by atoms with van der Waals surface area (Å²) in [7, 11) is 1.55. The van der Waals surface area contributed by atoms with E-state index in [1.807, 2.05) is 12.1 Å². The van der Waals surface area contributed by atoms with Crippen molar-refractivity contribution in [2.75, 3.05) is 12.4 Å². The molecule has 0 aromatic heterocycles. The van der Waals surface area contributed by atoms with Gasteiger partial charge in [-0.05, 0) is 54.1 Å². The van der Waals surface area contributed by atoms with Crippen molar-refractivity contribution in [3.05, 3.63) is 117 Å². The van der Waals surface area contributed by atoms with Crippen LogP contribution in [0.15, 0.2) is 91.0 Å². The fourth-order valence-electron chi connectivity index (χ4n) is 3.28. The van der Waals surface area contributed by atoms with E-state index >= 15 is 0 Å². The number of para-hydroxylation sites is 1. The molecule has 4 rings (SSSR count). The van der Waals surface area contributed by atoms with Crippen molar-refractivity contribution < 1.29 is 23.9 Å². The van der Waals surface area contributed by atoms with Crippen LogP contribution in [0.3, 0.4) is 0 Å². The van der Waals surface area contributed by atoms with Crippen molar-refractivity contribution in [3.8, 4) is 23.0 Å². The number of nitrogens with one attached hydrogen (secondary N) is 1. The Bertz CT molecular complexity index is 1370. The van der Waals surface area contributed by atoms with Crippen molar-refractivity contribution in [1.29, 1.82) is 0 Å². The van der Waals surface area contributed by atoms with Gasteiger partial charge in [0.05, 0.1) is 28.8 Å². The number of rotatable bonds is 9. The summed E-state index contributed by atoms with van der Waals surface area (Å²) in [4.78, 5) is 23.7. The molecule has 0 aliphatic rings. The number of halogens is 1. The molecule has 4 aromatic rings. The average molecular weight is 505 g/mol. The maximum atomic E-state index is 12.8. The van der Waals surface area contributed by atoms with Gasteiger partial charge >= 0.3 is 0 Å². The molecule has 0 unspecified atom stereocenters. The van der Waals surface area contributed by atoms with Crippen LogP contribution in [-0.2, 0) is 6.61 Å². The topological polar surface area (TPSA) is 99.9 Å². The number of nitrogens with zero attached hydrogens (tertiary/aromatic N) is 1. The number of benzene rings is 4. The fraction of sp³-hybridized carbons (Fsp3) is 0.0741. The predicted octanol–water partition coefficient (Wildman–Crippen LogP) is 6.88. The van der Waals surface area contributed by atoms with Gasteiger partial charge in [-0.25, -0.2) is 0 Å². The monoisotopic (exact) mass is 504 g/mol. The summed E-state index contributed by atoms with van der Waals surface area (Å²) in [6, 6.07) is 24.8. The number of nitro benzene ring substituents is 1. The van der Waals surface area contributed by atoms with Gasteiger partial charge in [0, 0.05) is 17.7 Å². The first kappa shape index (κ1) is 24.6. The van der Waals surface area contributed by atoms with Crippen LogP contribution in [0.2, 0.25) is 5.02 Å². The number of ether oxygens (including phenoxy) is 3. The maximum absolute atomic E-state index is 12.8. The lowest BCUT2D eigenvalue weighted by Gasteiger charge is -2.11. The van der Waals surface area contributed by atoms with Crippen LogP contribution < -0.4 is 19.5 Å². The number of nitro groups is 1. The van der Waals surface area contributed by atoms with Crippen LogP contribution in [0, 0.1) is 10.1 Å². The Morgan fingerprint density at radius 3 is 2.28 bits per heavy atom. The smallest absolute Gasteiger partial charge is 0.275 e. The van der Waals surface area contributed by atoms with Gasteiger partial charge in [-0.1, -0.05) is 35.9 Å². The highest BCUT2D eigenvalue weighted by Crippen LogP contribution is 2.31.